The molecule has 4 heteroatoms. The van der Waals surface area contributed by atoms with Crippen LogP contribution in [0.15, 0.2) is 118 Å². The van der Waals surface area contributed by atoms with Crippen molar-refractivity contribution in [1.29, 1.82) is 0 Å². The van der Waals surface area contributed by atoms with Crippen molar-refractivity contribution in [1.82, 2.24) is 0 Å². The first-order chi connectivity index (χ1) is 15.1. The largest absolute Gasteiger partial charge is 0.151 e. The number of azo groups is 2. The van der Waals surface area contributed by atoms with Crippen LogP contribution in [0.1, 0.15) is 22.3 Å². The van der Waals surface area contributed by atoms with E-state index in [2.05, 4.69) is 58.6 Å². The number of nitrogens with zero attached hydrogens (tertiary/aromatic N) is 4. The van der Waals surface area contributed by atoms with Crippen LogP contribution in [0, 0.1) is 13.8 Å². The number of hydrogen-bond donors (Lipinski definition) is 0. The lowest BCUT2D eigenvalue weighted by Gasteiger charge is -2.03. The molecule has 0 aromatic heterocycles. The fourth-order valence-corrected chi connectivity index (χ4v) is 3.05. The smallest absolute Gasteiger partial charge is 0.0857 e. The Morgan fingerprint density at radius 1 is 0.387 bits per heavy atom. The van der Waals surface area contributed by atoms with E-state index in [1.165, 1.54) is 22.3 Å². The van der Waals surface area contributed by atoms with Crippen LogP contribution in [0.2, 0.25) is 0 Å². The lowest BCUT2D eigenvalue weighted by atomic mass is 10.0. The summed E-state index contributed by atoms with van der Waals surface area (Å²) >= 11 is 0. The lowest BCUT2D eigenvalue weighted by Crippen LogP contribution is -1.86. The van der Waals surface area contributed by atoms with Crippen LogP contribution in [0.3, 0.4) is 0 Å². The number of hydrogen-bond acceptors (Lipinski definition) is 4. The number of aryl methyl sites for hydroxylation is 2. The van der Waals surface area contributed by atoms with E-state index < -0.39 is 0 Å². The Kier molecular flexibility index (Phi) is 6.38. The molecule has 0 aliphatic rings. The van der Waals surface area contributed by atoms with E-state index in [9.17, 15) is 0 Å². The Hall–Kier alpha value is -3.92. The van der Waals surface area contributed by atoms with Crippen LogP contribution in [-0.2, 0) is 6.42 Å². The molecule has 4 aromatic rings. The van der Waals surface area contributed by atoms with Gasteiger partial charge in [-0.05, 0) is 79.9 Å². The Bertz CT molecular complexity index is 1080. The Morgan fingerprint density at radius 2 is 0.645 bits per heavy atom. The molecule has 0 saturated carbocycles. The van der Waals surface area contributed by atoms with Crippen molar-refractivity contribution in [3.8, 4) is 0 Å². The minimum atomic E-state index is 0.844. The molecule has 31 heavy (non-hydrogen) atoms. The normalized spacial score (nSPS) is 11.4. The molecule has 0 saturated heterocycles. The molecule has 152 valence electrons. The summed E-state index contributed by atoms with van der Waals surface area (Å²) in [6, 6.07) is 32.4. The van der Waals surface area contributed by atoms with E-state index in [0.717, 1.165) is 29.2 Å². The van der Waals surface area contributed by atoms with Crippen LogP contribution >= 0.6 is 0 Å². The second-order valence-corrected chi connectivity index (χ2v) is 7.58. The van der Waals surface area contributed by atoms with E-state index in [1.54, 1.807) is 0 Å². The van der Waals surface area contributed by atoms with Gasteiger partial charge in [-0.3, -0.25) is 0 Å². The highest BCUT2D eigenvalue weighted by atomic mass is 15.1. The summed E-state index contributed by atoms with van der Waals surface area (Å²) in [5.74, 6) is 0. The van der Waals surface area contributed by atoms with Gasteiger partial charge < -0.3 is 0 Å². The molecule has 0 N–H and O–H groups in total. The lowest BCUT2D eigenvalue weighted by molar-refractivity contribution is 1.17. The first-order valence-electron chi connectivity index (χ1n) is 10.3. The van der Waals surface area contributed by atoms with Crippen molar-refractivity contribution in [3.63, 3.8) is 0 Å². The van der Waals surface area contributed by atoms with Crippen molar-refractivity contribution >= 4 is 22.7 Å². The maximum atomic E-state index is 4.32. The molecule has 0 heterocycles. The van der Waals surface area contributed by atoms with Crippen LogP contribution in [-0.4, -0.2) is 0 Å². The fraction of sp³-hybridized carbons (Fsp3) is 0.111. The summed E-state index contributed by atoms with van der Waals surface area (Å²) in [5, 5.41) is 17.2. The van der Waals surface area contributed by atoms with Gasteiger partial charge in [0.15, 0.2) is 0 Å². The van der Waals surface area contributed by atoms with Crippen LogP contribution in [0.5, 0.6) is 0 Å². The second kappa shape index (κ2) is 9.72. The van der Waals surface area contributed by atoms with Gasteiger partial charge in [-0.2, -0.15) is 20.5 Å². The maximum absolute atomic E-state index is 4.32. The van der Waals surface area contributed by atoms with Gasteiger partial charge in [-0.25, -0.2) is 0 Å². The molecule has 0 aliphatic carbocycles. The van der Waals surface area contributed by atoms with Gasteiger partial charge in [0.1, 0.15) is 0 Å². The zero-order valence-electron chi connectivity index (χ0n) is 17.7. The summed E-state index contributed by atoms with van der Waals surface area (Å²) in [4.78, 5) is 0. The summed E-state index contributed by atoms with van der Waals surface area (Å²) < 4.78 is 0. The zero-order valence-corrected chi connectivity index (χ0v) is 17.7. The molecular formula is C27H24N4. The van der Waals surface area contributed by atoms with Gasteiger partial charge in [0.05, 0.1) is 22.7 Å². The van der Waals surface area contributed by atoms with E-state index in [-0.39, 0.29) is 0 Å². The predicted octanol–water partition coefficient (Wildman–Crippen LogP) is 8.73. The molecule has 4 aromatic carbocycles. The van der Waals surface area contributed by atoms with Crippen molar-refractivity contribution in [3.05, 3.63) is 119 Å². The van der Waals surface area contributed by atoms with Gasteiger partial charge in [-0.15, -0.1) is 0 Å². The molecule has 4 rings (SSSR count). The zero-order chi connectivity index (χ0) is 21.5. The van der Waals surface area contributed by atoms with Crippen LogP contribution in [0.4, 0.5) is 22.7 Å². The quantitative estimate of drug-likeness (QED) is 0.288. The molecule has 0 bridgehead atoms. The van der Waals surface area contributed by atoms with Gasteiger partial charge >= 0.3 is 0 Å². The SMILES string of the molecule is Cc1ccc(N=Nc2ccc(Cc3ccc(N=Nc4ccc(C)cc4)cc3)cc2)cc1. The molecule has 0 fully saturated rings. The predicted molar refractivity (Wildman–Crippen MR) is 126 cm³/mol. The second-order valence-electron chi connectivity index (χ2n) is 7.58. The topological polar surface area (TPSA) is 49.4 Å². The van der Waals surface area contributed by atoms with Crippen LogP contribution in [0.25, 0.3) is 0 Å². The van der Waals surface area contributed by atoms with Gasteiger partial charge in [-0.1, -0.05) is 59.7 Å². The molecular weight excluding hydrogens is 380 g/mol. The summed E-state index contributed by atoms with van der Waals surface area (Å²) in [7, 11) is 0. The third-order valence-electron chi connectivity index (χ3n) is 4.91. The highest BCUT2D eigenvalue weighted by molar-refractivity contribution is 5.45. The average Bonchev–Trinajstić information content (AvgIpc) is 2.80. The van der Waals surface area contributed by atoms with Crippen molar-refractivity contribution in [2.75, 3.05) is 0 Å². The summed E-state index contributed by atoms with van der Waals surface area (Å²) in [6.07, 6.45) is 0.852. The molecule has 4 nitrogen and oxygen atoms in total. The first kappa shape index (κ1) is 20.4. The minimum Gasteiger partial charge on any atom is -0.151 e. The highest BCUT2D eigenvalue weighted by Gasteiger charge is 1.99. The number of rotatable bonds is 6. The average molecular weight is 405 g/mol. The Labute approximate surface area is 183 Å². The van der Waals surface area contributed by atoms with Crippen molar-refractivity contribution < 1.29 is 0 Å². The highest BCUT2D eigenvalue weighted by Crippen LogP contribution is 2.22. The minimum absolute atomic E-state index is 0.844. The van der Waals surface area contributed by atoms with Crippen LogP contribution < -0.4 is 0 Å². The first-order valence-corrected chi connectivity index (χ1v) is 10.3. The fourth-order valence-electron chi connectivity index (χ4n) is 3.05. The molecule has 0 spiro atoms. The molecule has 0 aliphatic heterocycles. The molecule has 0 unspecified atom stereocenters. The summed E-state index contributed by atoms with van der Waals surface area (Å²) in [5.41, 5.74) is 8.28. The molecule has 0 atom stereocenters. The van der Waals surface area contributed by atoms with Gasteiger partial charge in [0, 0.05) is 0 Å². The monoisotopic (exact) mass is 404 g/mol. The maximum Gasteiger partial charge on any atom is 0.0857 e. The summed E-state index contributed by atoms with van der Waals surface area (Å²) in [6.45, 7) is 4.12. The molecule has 0 radical (unpaired) electrons. The van der Waals surface area contributed by atoms with E-state index in [4.69, 9.17) is 0 Å². The van der Waals surface area contributed by atoms with Crippen molar-refractivity contribution in [2.45, 2.75) is 20.3 Å². The third kappa shape index (κ3) is 6.03. The van der Waals surface area contributed by atoms with Gasteiger partial charge in [0.25, 0.3) is 0 Å². The van der Waals surface area contributed by atoms with Crippen molar-refractivity contribution in [2.24, 2.45) is 20.5 Å². The van der Waals surface area contributed by atoms with E-state index >= 15 is 0 Å². The number of benzene rings is 4. The third-order valence-corrected chi connectivity index (χ3v) is 4.91. The Morgan fingerprint density at radius 3 is 0.935 bits per heavy atom. The van der Waals surface area contributed by atoms with Gasteiger partial charge in [0.2, 0.25) is 0 Å². The van der Waals surface area contributed by atoms with E-state index in [0.29, 0.717) is 0 Å². The standard InChI is InChI=1S/C27H24N4/c1-20-3-11-24(12-4-20)28-30-26-15-7-22(8-16-26)19-23-9-17-27(18-10-23)31-29-25-13-5-21(2)6-14-25/h3-18H,19H2,1-2H3. The Balaban J connectivity index is 1.35. The van der Waals surface area contributed by atoms with E-state index in [1.807, 2.05) is 72.8 Å². The molecule has 0 amide bonds.